The number of hydrogen-bond donors (Lipinski definition) is 4. The van der Waals surface area contributed by atoms with Gasteiger partial charge in [-0.05, 0) is 36.0 Å². The second-order valence-electron chi connectivity index (χ2n) is 5.95. The molecule has 128 valence electrons. The molecule has 0 unspecified atom stereocenters. The molecule has 1 aromatic carbocycles. The second-order valence-corrected chi connectivity index (χ2v) is 5.95. The number of benzene rings is 1. The van der Waals surface area contributed by atoms with E-state index in [1.165, 1.54) is 11.6 Å². The number of rotatable bonds is 9. The second kappa shape index (κ2) is 9.29. The smallest absolute Gasteiger partial charge is 0.267 e. The first-order valence-electron chi connectivity index (χ1n) is 7.53. The molecule has 1 aromatic rings. The molecular weight excluding hydrogens is 298 g/mol. The molecule has 0 saturated heterocycles. The number of allylic oxidation sites excluding steroid dienone is 1. The molecule has 0 heterocycles. The van der Waals surface area contributed by atoms with Crippen LogP contribution in [0.3, 0.4) is 0 Å². The van der Waals surface area contributed by atoms with Gasteiger partial charge in [-0.15, -0.1) is 0 Å². The predicted octanol–water partition coefficient (Wildman–Crippen LogP) is 1.96. The zero-order valence-corrected chi connectivity index (χ0v) is 13.5. The molecule has 1 atom stereocenters. The van der Waals surface area contributed by atoms with Crippen molar-refractivity contribution in [3.05, 3.63) is 42.0 Å². The van der Waals surface area contributed by atoms with Gasteiger partial charge in [0, 0.05) is 6.08 Å². The van der Waals surface area contributed by atoms with Crippen molar-refractivity contribution < 1.29 is 25.0 Å². The first-order chi connectivity index (χ1) is 10.9. The van der Waals surface area contributed by atoms with Crippen molar-refractivity contribution in [1.29, 1.82) is 0 Å². The quantitative estimate of drug-likeness (QED) is 0.316. The molecule has 0 aliphatic rings. The van der Waals surface area contributed by atoms with Gasteiger partial charge in [0.2, 0.25) is 0 Å². The summed E-state index contributed by atoms with van der Waals surface area (Å²) < 4.78 is 5.29. The average molecular weight is 323 g/mol. The van der Waals surface area contributed by atoms with E-state index in [-0.39, 0.29) is 18.6 Å². The summed E-state index contributed by atoms with van der Waals surface area (Å²) in [5.74, 6) is 0.0765. The van der Waals surface area contributed by atoms with Gasteiger partial charge in [-0.3, -0.25) is 10.0 Å². The summed E-state index contributed by atoms with van der Waals surface area (Å²) in [6.45, 7) is 4.10. The van der Waals surface area contributed by atoms with Crippen molar-refractivity contribution in [3.8, 4) is 5.75 Å². The van der Waals surface area contributed by atoms with Gasteiger partial charge in [0.15, 0.2) is 0 Å². The molecule has 0 aliphatic carbocycles. The van der Waals surface area contributed by atoms with Gasteiger partial charge in [-0.25, -0.2) is 5.48 Å². The maximum atomic E-state index is 10.9. The van der Waals surface area contributed by atoms with Crippen LogP contribution < -0.4 is 10.2 Å². The maximum Gasteiger partial charge on any atom is 0.267 e. The van der Waals surface area contributed by atoms with E-state index in [0.29, 0.717) is 18.6 Å². The summed E-state index contributed by atoms with van der Waals surface area (Å²) in [7, 11) is 0. The summed E-state index contributed by atoms with van der Waals surface area (Å²) in [6, 6.07) is 7.12. The van der Waals surface area contributed by atoms with E-state index in [1.54, 1.807) is 30.3 Å². The molecule has 4 N–H and O–H groups in total. The number of aliphatic hydroxyl groups is 2. The molecule has 0 saturated carbocycles. The Morgan fingerprint density at radius 2 is 2.00 bits per heavy atom. The zero-order valence-electron chi connectivity index (χ0n) is 13.5. The maximum absolute atomic E-state index is 10.9. The summed E-state index contributed by atoms with van der Waals surface area (Å²) in [4.78, 5) is 10.9. The summed E-state index contributed by atoms with van der Waals surface area (Å²) >= 11 is 0. The molecule has 6 heteroatoms. The number of hydroxylamine groups is 1. The highest BCUT2D eigenvalue weighted by Gasteiger charge is 2.28. The Kier molecular flexibility index (Phi) is 7.74. The molecule has 0 spiro atoms. The number of ether oxygens (including phenoxy) is 1. The highest BCUT2D eigenvalue weighted by Crippen LogP contribution is 2.37. The molecule has 23 heavy (non-hydrogen) atoms. The van der Waals surface area contributed by atoms with E-state index in [9.17, 15) is 9.90 Å². The fourth-order valence-electron chi connectivity index (χ4n) is 2.18. The van der Waals surface area contributed by atoms with E-state index < -0.39 is 12.0 Å². The Morgan fingerprint density at radius 3 is 2.57 bits per heavy atom. The SMILES string of the molecule is CC(C)(CC/C=C/C(=O)NO)[C@@H](O)c1ccc(OCCO)cc1. The fourth-order valence-corrected chi connectivity index (χ4v) is 2.18. The molecule has 0 radical (unpaired) electrons. The number of carbonyl (C=O) groups is 1. The number of carbonyl (C=O) groups excluding carboxylic acids is 1. The summed E-state index contributed by atoms with van der Waals surface area (Å²) in [5.41, 5.74) is 1.93. The van der Waals surface area contributed by atoms with Gasteiger partial charge < -0.3 is 14.9 Å². The van der Waals surface area contributed by atoms with Gasteiger partial charge in [-0.2, -0.15) is 0 Å². The average Bonchev–Trinajstić information content (AvgIpc) is 2.56. The van der Waals surface area contributed by atoms with E-state index in [1.807, 2.05) is 13.8 Å². The Morgan fingerprint density at radius 1 is 1.35 bits per heavy atom. The topological polar surface area (TPSA) is 99.0 Å². The van der Waals surface area contributed by atoms with E-state index in [2.05, 4.69) is 0 Å². The van der Waals surface area contributed by atoms with Crippen molar-refractivity contribution in [1.82, 2.24) is 5.48 Å². The molecule has 0 bridgehead atoms. The molecule has 0 aliphatic heterocycles. The van der Waals surface area contributed by atoms with Crippen LogP contribution in [0.25, 0.3) is 0 Å². The highest BCUT2D eigenvalue weighted by atomic mass is 16.5. The minimum Gasteiger partial charge on any atom is -0.491 e. The first-order valence-corrected chi connectivity index (χ1v) is 7.53. The lowest BCUT2D eigenvalue weighted by molar-refractivity contribution is -0.124. The third-order valence-corrected chi connectivity index (χ3v) is 3.63. The molecule has 1 rings (SSSR count). The Labute approximate surface area is 136 Å². The molecule has 6 nitrogen and oxygen atoms in total. The normalized spacial score (nSPS) is 13.1. The third-order valence-electron chi connectivity index (χ3n) is 3.63. The molecule has 0 fully saturated rings. The van der Waals surface area contributed by atoms with Crippen molar-refractivity contribution in [3.63, 3.8) is 0 Å². The number of hydrogen-bond acceptors (Lipinski definition) is 5. The van der Waals surface area contributed by atoms with Crippen molar-refractivity contribution in [2.45, 2.75) is 32.8 Å². The number of nitrogens with one attached hydrogen (secondary N) is 1. The summed E-state index contributed by atoms with van der Waals surface area (Å²) in [6.07, 6.45) is 3.54. The van der Waals surface area contributed by atoms with Gasteiger partial charge in [0.1, 0.15) is 12.4 Å². The van der Waals surface area contributed by atoms with Crippen molar-refractivity contribution in [2.75, 3.05) is 13.2 Å². The molecule has 1 amide bonds. The molecular formula is C17H25NO5. The highest BCUT2D eigenvalue weighted by molar-refractivity contribution is 5.86. The lowest BCUT2D eigenvalue weighted by Gasteiger charge is -2.30. The van der Waals surface area contributed by atoms with Crippen LogP contribution in [0.15, 0.2) is 36.4 Å². The predicted molar refractivity (Wildman–Crippen MR) is 86.1 cm³/mol. The largest absolute Gasteiger partial charge is 0.491 e. The first kappa shape index (κ1) is 19.2. The van der Waals surface area contributed by atoms with Crippen LogP contribution in [0.2, 0.25) is 0 Å². The van der Waals surface area contributed by atoms with Crippen LogP contribution in [-0.2, 0) is 4.79 Å². The molecule has 0 aromatic heterocycles. The van der Waals surface area contributed by atoms with Crippen LogP contribution >= 0.6 is 0 Å². The van der Waals surface area contributed by atoms with Gasteiger partial charge in [-0.1, -0.05) is 32.1 Å². The van der Waals surface area contributed by atoms with Crippen LogP contribution in [-0.4, -0.2) is 34.5 Å². The lowest BCUT2D eigenvalue weighted by Crippen LogP contribution is -2.22. The Balaban J connectivity index is 2.61. The van der Waals surface area contributed by atoms with Crippen LogP contribution in [0.4, 0.5) is 0 Å². The summed E-state index contributed by atoms with van der Waals surface area (Å²) in [5, 5.41) is 27.7. The number of aliphatic hydroxyl groups excluding tert-OH is 2. The fraction of sp³-hybridized carbons (Fsp3) is 0.471. The Bertz CT molecular complexity index is 510. The van der Waals surface area contributed by atoms with Crippen molar-refractivity contribution in [2.24, 2.45) is 5.41 Å². The van der Waals surface area contributed by atoms with Crippen LogP contribution in [0.5, 0.6) is 5.75 Å². The lowest BCUT2D eigenvalue weighted by atomic mass is 9.79. The van der Waals surface area contributed by atoms with Gasteiger partial charge in [0.25, 0.3) is 5.91 Å². The van der Waals surface area contributed by atoms with Crippen molar-refractivity contribution >= 4 is 5.91 Å². The minimum absolute atomic E-state index is 0.0424. The standard InChI is InChI=1S/C17H25NO5/c1-17(2,10-4-3-5-15(20)18-22)16(21)13-6-8-14(9-7-13)23-12-11-19/h3,5-9,16,19,21-22H,4,10-12H2,1-2H3,(H,18,20)/b5-3+/t16-/m0/s1. The van der Waals surface area contributed by atoms with E-state index >= 15 is 0 Å². The van der Waals surface area contributed by atoms with Gasteiger partial charge >= 0.3 is 0 Å². The number of amides is 1. The monoisotopic (exact) mass is 323 g/mol. The van der Waals surface area contributed by atoms with Crippen LogP contribution in [0, 0.1) is 5.41 Å². The van der Waals surface area contributed by atoms with Crippen LogP contribution in [0.1, 0.15) is 38.4 Å². The van der Waals surface area contributed by atoms with Gasteiger partial charge in [0.05, 0.1) is 12.7 Å². The van der Waals surface area contributed by atoms with E-state index in [0.717, 1.165) is 5.56 Å². The Hall–Kier alpha value is -1.89. The minimum atomic E-state index is -0.658. The van der Waals surface area contributed by atoms with E-state index in [4.69, 9.17) is 15.1 Å². The zero-order chi connectivity index (χ0) is 17.3. The third kappa shape index (κ3) is 6.40.